The Labute approximate surface area is 110 Å². The maximum atomic E-state index is 9.09. The van der Waals surface area contributed by atoms with Gasteiger partial charge in [0.1, 0.15) is 0 Å². The maximum Gasteiger partial charge on any atom is 0.496 e. The van der Waals surface area contributed by atoms with Gasteiger partial charge in [-0.1, -0.05) is 35.8 Å². The molecule has 0 radical (unpaired) electrons. The Hall–Kier alpha value is -0.825. The monoisotopic (exact) mass is 293 g/mol. The van der Waals surface area contributed by atoms with Gasteiger partial charge < -0.3 is 9.31 Å². The molecule has 5 heteroatoms. The zero-order valence-corrected chi connectivity index (χ0v) is 11.5. The number of nitriles is 1. The molecule has 0 spiro atoms. The van der Waals surface area contributed by atoms with Gasteiger partial charge in [0.2, 0.25) is 0 Å². The molecule has 1 heterocycles. The summed E-state index contributed by atoms with van der Waals surface area (Å²) < 4.78 is 12.2. The molecule has 3 nitrogen and oxygen atoms in total. The SMILES string of the molecule is CC1(C)COB(c2c(Br)cccc2C#N)OC1. The molecule has 2 rings (SSSR count). The number of hydrogen-bond acceptors (Lipinski definition) is 3. The summed E-state index contributed by atoms with van der Waals surface area (Å²) in [6.45, 7) is 5.44. The van der Waals surface area contributed by atoms with Crippen LogP contribution < -0.4 is 5.46 Å². The van der Waals surface area contributed by atoms with Crippen molar-refractivity contribution in [2.24, 2.45) is 5.41 Å². The number of rotatable bonds is 1. The standard InChI is InChI=1S/C12H13BBrNO2/c1-12(2)7-16-13(17-8-12)11-9(6-15)4-3-5-10(11)14/h3-5H,7-8H2,1-2H3. The molecule has 0 bridgehead atoms. The molecule has 1 fully saturated rings. The zero-order chi connectivity index (χ0) is 12.5. The molecule has 0 aromatic heterocycles. The van der Waals surface area contributed by atoms with Gasteiger partial charge in [-0.15, -0.1) is 0 Å². The van der Waals surface area contributed by atoms with Crippen molar-refractivity contribution in [2.45, 2.75) is 13.8 Å². The van der Waals surface area contributed by atoms with Gasteiger partial charge in [0.05, 0.1) is 11.6 Å². The molecule has 88 valence electrons. The summed E-state index contributed by atoms with van der Waals surface area (Å²) in [5.41, 5.74) is 1.40. The highest BCUT2D eigenvalue weighted by molar-refractivity contribution is 9.10. The molecule has 1 aromatic carbocycles. The first-order chi connectivity index (χ1) is 8.03. The third-order valence-electron chi connectivity index (χ3n) is 2.66. The molecule has 0 aliphatic carbocycles. The Bertz CT molecular complexity index is 460. The van der Waals surface area contributed by atoms with Crippen LogP contribution in [0.5, 0.6) is 0 Å². The highest BCUT2D eigenvalue weighted by atomic mass is 79.9. The lowest BCUT2D eigenvalue weighted by Crippen LogP contribution is -2.48. The van der Waals surface area contributed by atoms with E-state index in [-0.39, 0.29) is 5.41 Å². The van der Waals surface area contributed by atoms with Crippen LogP contribution >= 0.6 is 15.9 Å². The van der Waals surface area contributed by atoms with Gasteiger partial charge in [0.15, 0.2) is 0 Å². The summed E-state index contributed by atoms with van der Waals surface area (Å²) in [6, 6.07) is 7.66. The van der Waals surface area contributed by atoms with Crippen molar-refractivity contribution in [1.82, 2.24) is 0 Å². The lowest BCUT2D eigenvalue weighted by molar-refractivity contribution is 0.0342. The van der Waals surface area contributed by atoms with Crippen molar-refractivity contribution < 1.29 is 9.31 Å². The molecular formula is C12H13BBrNO2. The van der Waals surface area contributed by atoms with Crippen LogP contribution in [0.3, 0.4) is 0 Å². The van der Waals surface area contributed by atoms with Crippen molar-refractivity contribution in [3.8, 4) is 6.07 Å². The molecule has 0 unspecified atom stereocenters. The second-order valence-electron chi connectivity index (χ2n) is 4.93. The Morgan fingerprint density at radius 1 is 1.35 bits per heavy atom. The van der Waals surface area contributed by atoms with Gasteiger partial charge in [-0.05, 0) is 12.1 Å². The molecule has 17 heavy (non-hydrogen) atoms. The fourth-order valence-corrected chi connectivity index (χ4v) is 2.29. The van der Waals surface area contributed by atoms with Crippen LogP contribution in [-0.4, -0.2) is 20.3 Å². The molecule has 0 N–H and O–H groups in total. The molecular weight excluding hydrogens is 281 g/mol. The highest BCUT2D eigenvalue weighted by Gasteiger charge is 2.35. The van der Waals surface area contributed by atoms with Crippen LogP contribution in [0.15, 0.2) is 22.7 Å². The third kappa shape index (κ3) is 2.71. The fraction of sp³-hybridized carbons (Fsp3) is 0.417. The molecule has 0 atom stereocenters. The minimum atomic E-state index is -0.451. The summed E-state index contributed by atoms with van der Waals surface area (Å²) in [5, 5.41) is 9.09. The average Bonchev–Trinajstić information content (AvgIpc) is 2.29. The topological polar surface area (TPSA) is 42.2 Å². The lowest BCUT2D eigenvalue weighted by Gasteiger charge is -2.33. The molecule has 1 aromatic rings. The van der Waals surface area contributed by atoms with Crippen molar-refractivity contribution in [3.63, 3.8) is 0 Å². The third-order valence-corrected chi connectivity index (χ3v) is 3.35. The number of benzene rings is 1. The van der Waals surface area contributed by atoms with Crippen LogP contribution in [0.25, 0.3) is 0 Å². The van der Waals surface area contributed by atoms with Gasteiger partial charge in [-0.3, -0.25) is 0 Å². The maximum absolute atomic E-state index is 9.09. The Kier molecular flexibility index (Phi) is 3.57. The highest BCUT2D eigenvalue weighted by Crippen LogP contribution is 2.23. The van der Waals surface area contributed by atoms with Crippen molar-refractivity contribution >= 4 is 28.5 Å². The van der Waals surface area contributed by atoms with Gasteiger partial charge in [0.25, 0.3) is 0 Å². The van der Waals surface area contributed by atoms with Gasteiger partial charge in [-0.25, -0.2) is 0 Å². The van der Waals surface area contributed by atoms with E-state index in [1.165, 1.54) is 0 Å². The second-order valence-corrected chi connectivity index (χ2v) is 5.79. The normalized spacial score (nSPS) is 18.8. The van der Waals surface area contributed by atoms with E-state index in [4.69, 9.17) is 14.6 Å². The van der Waals surface area contributed by atoms with E-state index in [0.29, 0.717) is 18.8 Å². The van der Waals surface area contributed by atoms with Crippen molar-refractivity contribution in [3.05, 3.63) is 28.2 Å². The van der Waals surface area contributed by atoms with E-state index in [0.717, 1.165) is 9.94 Å². The first-order valence-electron chi connectivity index (χ1n) is 5.45. The smallest absolute Gasteiger partial charge is 0.407 e. The quantitative estimate of drug-likeness (QED) is 0.745. The summed E-state index contributed by atoms with van der Waals surface area (Å²) in [4.78, 5) is 0. The molecule has 1 aliphatic heterocycles. The Morgan fingerprint density at radius 2 is 2.00 bits per heavy atom. The van der Waals surface area contributed by atoms with E-state index in [9.17, 15) is 0 Å². The number of hydrogen-bond donors (Lipinski definition) is 0. The first kappa shape index (κ1) is 12.6. The number of halogens is 1. The molecule has 0 saturated carbocycles. The van der Waals surface area contributed by atoms with E-state index in [1.807, 2.05) is 12.1 Å². The van der Waals surface area contributed by atoms with Crippen molar-refractivity contribution in [1.29, 1.82) is 5.26 Å². The summed E-state index contributed by atoms with van der Waals surface area (Å²) in [6.07, 6.45) is 0. The van der Waals surface area contributed by atoms with Crippen LogP contribution in [0.1, 0.15) is 19.4 Å². The van der Waals surface area contributed by atoms with Crippen LogP contribution in [-0.2, 0) is 9.31 Å². The van der Waals surface area contributed by atoms with Crippen LogP contribution in [0.4, 0.5) is 0 Å². The summed E-state index contributed by atoms with van der Waals surface area (Å²) in [7, 11) is -0.451. The first-order valence-corrected chi connectivity index (χ1v) is 6.24. The van der Waals surface area contributed by atoms with E-state index in [1.54, 1.807) is 6.07 Å². The zero-order valence-electron chi connectivity index (χ0n) is 9.87. The Balaban J connectivity index is 2.27. The predicted octanol–water partition coefficient (Wildman–Crippen LogP) is 2.09. The number of nitrogens with zero attached hydrogens (tertiary/aromatic N) is 1. The molecule has 0 amide bonds. The molecule has 1 aliphatic rings. The largest absolute Gasteiger partial charge is 0.496 e. The Morgan fingerprint density at radius 3 is 2.59 bits per heavy atom. The summed E-state index contributed by atoms with van der Waals surface area (Å²) >= 11 is 3.44. The van der Waals surface area contributed by atoms with E-state index >= 15 is 0 Å². The van der Waals surface area contributed by atoms with Gasteiger partial charge in [0, 0.05) is 28.6 Å². The molecule has 1 saturated heterocycles. The second kappa shape index (κ2) is 4.81. The fourth-order valence-electron chi connectivity index (χ4n) is 1.73. The predicted molar refractivity (Wildman–Crippen MR) is 69.9 cm³/mol. The van der Waals surface area contributed by atoms with Gasteiger partial charge >= 0.3 is 7.12 Å². The van der Waals surface area contributed by atoms with Crippen molar-refractivity contribution in [2.75, 3.05) is 13.2 Å². The van der Waals surface area contributed by atoms with Crippen LogP contribution in [0, 0.1) is 16.7 Å². The lowest BCUT2D eigenvalue weighted by atomic mass is 9.73. The minimum Gasteiger partial charge on any atom is -0.407 e. The van der Waals surface area contributed by atoms with Gasteiger partial charge in [-0.2, -0.15) is 5.26 Å². The average molecular weight is 294 g/mol. The van der Waals surface area contributed by atoms with Crippen LogP contribution in [0.2, 0.25) is 0 Å². The van der Waals surface area contributed by atoms with E-state index in [2.05, 4.69) is 35.8 Å². The van der Waals surface area contributed by atoms with E-state index < -0.39 is 7.12 Å². The summed E-state index contributed by atoms with van der Waals surface area (Å²) in [5.74, 6) is 0. The minimum absolute atomic E-state index is 0.0323.